The number of Topliss-reactive ketones (excluding diaryl/α,β-unsaturated/α-hetero) is 1. The van der Waals surface area contributed by atoms with Crippen LogP contribution in [0.2, 0.25) is 0 Å². The van der Waals surface area contributed by atoms with E-state index >= 15 is 0 Å². The fourth-order valence-corrected chi connectivity index (χ4v) is 3.23. The van der Waals surface area contributed by atoms with Crippen LogP contribution in [0.25, 0.3) is 0 Å². The molecule has 6 nitrogen and oxygen atoms in total. The highest BCUT2D eigenvalue weighted by Gasteiger charge is 2.53. The van der Waals surface area contributed by atoms with E-state index in [1.165, 1.54) is 0 Å². The standard InChI is InChI=1S/C15H25NO5/c1-3-21-13(19)12-10(6-4-5-7-17)8-11(18)9-15(12,2)14(16)20/h10,12,17H,3-9H2,1-2H3,(H2,16,20)/t10-,12+,15+/m0/s1. The van der Waals surface area contributed by atoms with Crippen LogP contribution in [0.1, 0.15) is 46.0 Å². The summed E-state index contributed by atoms with van der Waals surface area (Å²) in [7, 11) is 0. The van der Waals surface area contributed by atoms with Gasteiger partial charge in [-0.25, -0.2) is 0 Å². The van der Waals surface area contributed by atoms with Gasteiger partial charge in [0.1, 0.15) is 5.78 Å². The number of rotatable bonds is 7. The van der Waals surface area contributed by atoms with E-state index in [0.29, 0.717) is 19.3 Å². The summed E-state index contributed by atoms with van der Waals surface area (Å²) in [4.78, 5) is 36.1. The maximum atomic E-state index is 12.3. The first-order valence-electron chi connectivity index (χ1n) is 7.46. The molecule has 0 heterocycles. The zero-order valence-electron chi connectivity index (χ0n) is 12.8. The smallest absolute Gasteiger partial charge is 0.310 e. The zero-order valence-corrected chi connectivity index (χ0v) is 12.8. The number of hydrogen-bond acceptors (Lipinski definition) is 5. The molecule has 3 N–H and O–H groups in total. The largest absolute Gasteiger partial charge is 0.466 e. The van der Waals surface area contributed by atoms with Gasteiger partial charge < -0.3 is 15.6 Å². The van der Waals surface area contributed by atoms with E-state index in [2.05, 4.69) is 0 Å². The van der Waals surface area contributed by atoms with Crippen molar-refractivity contribution in [1.82, 2.24) is 0 Å². The van der Waals surface area contributed by atoms with Gasteiger partial charge in [0.05, 0.1) is 17.9 Å². The molecule has 1 aliphatic rings. The zero-order chi connectivity index (χ0) is 16.0. The summed E-state index contributed by atoms with van der Waals surface area (Å²) in [6.45, 7) is 3.57. The fourth-order valence-electron chi connectivity index (χ4n) is 3.23. The number of hydrogen-bond donors (Lipinski definition) is 2. The summed E-state index contributed by atoms with van der Waals surface area (Å²) < 4.78 is 5.09. The van der Waals surface area contributed by atoms with Gasteiger partial charge in [-0.05, 0) is 32.6 Å². The minimum atomic E-state index is -1.19. The molecule has 0 radical (unpaired) electrons. The summed E-state index contributed by atoms with van der Waals surface area (Å²) in [5, 5.41) is 8.87. The lowest BCUT2D eigenvalue weighted by Crippen LogP contribution is -2.52. The van der Waals surface area contributed by atoms with Crippen molar-refractivity contribution in [3.8, 4) is 0 Å². The van der Waals surface area contributed by atoms with Gasteiger partial charge in [-0.3, -0.25) is 14.4 Å². The predicted molar refractivity (Wildman–Crippen MR) is 76.1 cm³/mol. The summed E-state index contributed by atoms with van der Waals surface area (Å²) >= 11 is 0. The first-order chi connectivity index (χ1) is 9.86. The summed E-state index contributed by atoms with van der Waals surface area (Å²) in [5.74, 6) is -2.09. The second-order valence-corrected chi connectivity index (χ2v) is 5.91. The Morgan fingerprint density at radius 2 is 2.10 bits per heavy atom. The topological polar surface area (TPSA) is 107 Å². The molecule has 1 saturated carbocycles. The number of ketones is 1. The van der Waals surface area contributed by atoms with Gasteiger partial charge in [-0.1, -0.05) is 6.42 Å². The number of primary amides is 1. The maximum Gasteiger partial charge on any atom is 0.310 e. The second-order valence-electron chi connectivity index (χ2n) is 5.91. The third-order valence-electron chi connectivity index (χ3n) is 4.30. The number of ether oxygens (including phenoxy) is 1. The summed E-state index contributed by atoms with van der Waals surface area (Å²) in [5.41, 5.74) is 4.28. The third-order valence-corrected chi connectivity index (χ3v) is 4.30. The van der Waals surface area contributed by atoms with Crippen molar-refractivity contribution in [3.05, 3.63) is 0 Å². The molecule has 6 heteroatoms. The highest BCUT2D eigenvalue weighted by Crippen LogP contribution is 2.45. The Labute approximate surface area is 125 Å². The van der Waals surface area contributed by atoms with E-state index in [0.717, 1.165) is 0 Å². The second kappa shape index (κ2) is 7.54. The third kappa shape index (κ3) is 4.03. The number of aliphatic hydroxyl groups is 1. The predicted octanol–water partition coefficient (Wildman–Crippen LogP) is 0.799. The van der Waals surface area contributed by atoms with Gasteiger partial charge in [-0.15, -0.1) is 0 Å². The van der Waals surface area contributed by atoms with Crippen LogP contribution in [0.3, 0.4) is 0 Å². The maximum absolute atomic E-state index is 12.3. The van der Waals surface area contributed by atoms with Crippen molar-refractivity contribution in [2.45, 2.75) is 46.0 Å². The molecule has 21 heavy (non-hydrogen) atoms. The quantitative estimate of drug-likeness (QED) is 0.534. The number of nitrogens with two attached hydrogens (primary N) is 1. The molecule has 1 amide bonds. The van der Waals surface area contributed by atoms with E-state index in [1.54, 1.807) is 13.8 Å². The minimum Gasteiger partial charge on any atom is -0.466 e. The number of carbonyl (C=O) groups excluding carboxylic acids is 3. The van der Waals surface area contributed by atoms with E-state index in [1.807, 2.05) is 0 Å². The Morgan fingerprint density at radius 3 is 2.62 bits per heavy atom. The molecule has 120 valence electrons. The van der Waals surface area contributed by atoms with Crippen LogP contribution >= 0.6 is 0 Å². The normalized spacial score (nSPS) is 29.2. The van der Waals surface area contributed by atoms with Crippen LogP contribution in [0.5, 0.6) is 0 Å². The van der Waals surface area contributed by atoms with Gasteiger partial charge >= 0.3 is 5.97 Å². The number of esters is 1. The highest BCUT2D eigenvalue weighted by atomic mass is 16.5. The van der Waals surface area contributed by atoms with E-state index in [9.17, 15) is 14.4 Å². The van der Waals surface area contributed by atoms with Crippen LogP contribution in [0.15, 0.2) is 0 Å². The number of amides is 1. The lowest BCUT2D eigenvalue weighted by molar-refractivity contribution is -0.164. The van der Waals surface area contributed by atoms with Crippen molar-refractivity contribution in [2.75, 3.05) is 13.2 Å². The molecule has 0 bridgehead atoms. The number of unbranched alkanes of at least 4 members (excludes halogenated alkanes) is 1. The molecule has 1 fully saturated rings. The van der Waals surface area contributed by atoms with Crippen molar-refractivity contribution < 1.29 is 24.2 Å². The average molecular weight is 299 g/mol. The Hall–Kier alpha value is -1.43. The molecule has 1 rings (SSSR count). The first kappa shape index (κ1) is 17.6. The van der Waals surface area contributed by atoms with E-state index in [4.69, 9.17) is 15.6 Å². The van der Waals surface area contributed by atoms with Gasteiger partial charge in [0.25, 0.3) is 0 Å². The molecule has 0 aliphatic heterocycles. The van der Waals surface area contributed by atoms with Crippen LogP contribution in [-0.2, 0) is 19.1 Å². The fraction of sp³-hybridized carbons (Fsp3) is 0.800. The molecule has 0 unspecified atom stereocenters. The molecule has 0 aromatic heterocycles. The Morgan fingerprint density at radius 1 is 1.43 bits per heavy atom. The summed E-state index contributed by atoms with van der Waals surface area (Å²) in [6, 6.07) is 0. The van der Waals surface area contributed by atoms with Gasteiger partial charge in [0, 0.05) is 19.4 Å². The van der Waals surface area contributed by atoms with Crippen molar-refractivity contribution in [3.63, 3.8) is 0 Å². The average Bonchev–Trinajstić information content (AvgIpc) is 2.38. The lowest BCUT2D eigenvalue weighted by Gasteiger charge is -2.41. The Kier molecular flexibility index (Phi) is 6.33. The van der Waals surface area contributed by atoms with Crippen LogP contribution < -0.4 is 5.73 Å². The molecule has 3 atom stereocenters. The molecule has 0 aromatic carbocycles. The van der Waals surface area contributed by atoms with Gasteiger partial charge in [0.15, 0.2) is 0 Å². The van der Waals surface area contributed by atoms with Crippen LogP contribution in [-0.4, -0.2) is 36.0 Å². The van der Waals surface area contributed by atoms with Gasteiger partial charge in [-0.2, -0.15) is 0 Å². The van der Waals surface area contributed by atoms with Gasteiger partial charge in [0.2, 0.25) is 5.91 Å². The van der Waals surface area contributed by atoms with Crippen LogP contribution in [0.4, 0.5) is 0 Å². The minimum absolute atomic E-state index is 0.0116. The monoisotopic (exact) mass is 299 g/mol. The lowest BCUT2D eigenvalue weighted by atomic mass is 9.60. The first-order valence-corrected chi connectivity index (χ1v) is 7.46. The van der Waals surface area contributed by atoms with Crippen molar-refractivity contribution in [2.24, 2.45) is 23.0 Å². The highest BCUT2D eigenvalue weighted by molar-refractivity contribution is 5.95. The van der Waals surface area contributed by atoms with E-state index in [-0.39, 0.29) is 37.8 Å². The van der Waals surface area contributed by atoms with E-state index < -0.39 is 23.2 Å². The molecular weight excluding hydrogens is 274 g/mol. The number of carbonyl (C=O) groups is 3. The summed E-state index contributed by atoms with van der Waals surface area (Å²) in [6.07, 6.45) is 2.14. The molecule has 0 spiro atoms. The molecular formula is C15H25NO5. The molecule has 0 aromatic rings. The molecule has 0 saturated heterocycles. The number of aliphatic hydroxyl groups excluding tert-OH is 1. The van der Waals surface area contributed by atoms with Crippen molar-refractivity contribution >= 4 is 17.7 Å². The Balaban J connectivity index is 3.03. The van der Waals surface area contributed by atoms with Crippen LogP contribution in [0, 0.1) is 17.3 Å². The SMILES string of the molecule is CCOC(=O)[C@H]1[C@@H](CCCCO)CC(=O)C[C@@]1(C)C(N)=O. The Bertz CT molecular complexity index is 409. The van der Waals surface area contributed by atoms with Crippen molar-refractivity contribution in [1.29, 1.82) is 0 Å². The molecule has 1 aliphatic carbocycles.